The zero-order chi connectivity index (χ0) is 11.5. The van der Waals surface area contributed by atoms with E-state index < -0.39 is 0 Å². The number of nitrogens with zero attached hydrogens (tertiary/aromatic N) is 1. The van der Waals surface area contributed by atoms with Crippen molar-refractivity contribution in [2.75, 3.05) is 26.3 Å². The van der Waals surface area contributed by atoms with Crippen LogP contribution < -0.4 is 5.32 Å². The van der Waals surface area contributed by atoms with Gasteiger partial charge in [-0.25, -0.2) is 0 Å². The van der Waals surface area contributed by atoms with E-state index in [0.717, 1.165) is 25.7 Å². The standard InChI is InChI=1S/C13H26N2O/c1-4-13-7-14-10(2)8-15(13)11(3)12-5-6-16-9-12/h10-14H,4-9H2,1-3H3. The van der Waals surface area contributed by atoms with Crippen molar-refractivity contribution in [1.29, 1.82) is 0 Å². The highest BCUT2D eigenvalue weighted by Gasteiger charge is 2.33. The van der Waals surface area contributed by atoms with Crippen LogP contribution in [0.3, 0.4) is 0 Å². The van der Waals surface area contributed by atoms with Crippen LogP contribution in [0, 0.1) is 5.92 Å². The molecule has 4 unspecified atom stereocenters. The van der Waals surface area contributed by atoms with Crippen molar-refractivity contribution in [3.8, 4) is 0 Å². The summed E-state index contributed by atoms with van der Waals surface area (Å²) in [6, 6.07) is 2.02. The van der Waals surface area contributed by atoms with Crippen LogP contribution >= 0.6 is 0 Å². The third kappa shape index (κ3) is 2.58. The first-order valence-electron chi connectivity index (χ1n) is 6.79. The van der Waals surface area contributed by atoms with Gasteiger partial charge in [-0.1, -0.05) is 6.92 Å². The Morgan fingerprint density at radius 3 is 2.94 bits per heavy atom. The lowest BCUT2D eigenvalue weighted by Crippen LogP contribution is -2.59. The molecule has 3 heteroatoms. The van der Waals surface area contributed by atoms with E-state index in [0.29, 0.717) is 18.1 Å². The highest BCUT2D eigenvalue weighted by molar-refractivity contribution is 4.89. The van der Waals surface area contributed by atoms with Crippen LogP contribution in [0.2, 0.25) is 0 Å². The van der Waals surface area contributed by atoms with Crippen molar-refractivity contribution < 1.29 is 4.74 Å². The number of ether oxygens (including phenoxy) is 1. The van der Waals surface area contributed by atoms with Crippen molar-refractivity contribution in [3.63, 3.8) is 0 Å². The minimum Gasteiger partial charge on any atom is -0.381 e. The van der Waals surface area contributed by atoms with Gasteiger partial charge in [0.1, 0.15) is 0 Å². The van der Waals surface area contributed by atoms with Crippen LogP contribution in [-0.2, 0) is 4.74 Å². The molecular formula is C13H26N2O. The van der Waals surface area contributed by atoms with E-state index in [-0.39, 0.29) is 0 Å². The first kappa shape index (κ1) is 12.3. The molecule has 2 fully saturated rings. The average molecular weight is 226 g/mol. The van der Waals surface area contributed by atoms with Crippen LogP contribution in [0.4, 0.5) is 0 Å². The highest BCUT2D eigenvalue weighted by atomic mass is 16.5. The Morgan fingerprint density at radius 2 is 2.31 bits per heavy atom. The van der Waals surface area contributed by atoms with Gasteiger partial charge in [0.2, 0.25) is 0 Å². The minimum absolute atomic E-state index is 0.632. The van der Waals surface area contributed by atoms with Crippen molar-refractivity contribution in [2.24, 2.45) is 5.92 Å². The number of nitrogens with one attached hydrogen (secondary N) is 1. The molecule has 4 atom stereocenters. The number of piperazine rings is 1. The fourth-order valence-electron chi connectivity index (χ4n) is 3.07. The lowest BCUT2D eigenvalue weighted by molar-refractivity contribution is 0.0556. The molecule has 2 aliphatic heterocycles. The largest absolute Gasteiger partial charge is 0.381 e. The Hall–Kier alpha value is -0.120. The zero-order valence-electron chi connectivity index (χ0n) is 10.9. The van der Waals surface area contributed by atoms with Crippen LogP contribution in [0.25, 0.3) is 0 Å². The van der Waals surface area contributed by atoms with Crippen molar-refractivity contribution >= 4 is 0 Å². The van der Waals surface area contributed by atoms with E-state index >= 15 is 0 Å². The quantitative estimate of drug-likeness (QED) is 0.789. The summed E-state index contributed by atoms with van der Waals surface area (Å²) in [5, 5.41) is 3.59. The molecule has 0 bridgehead atoms. The first-order chi connectivity index (χ1) is 7.72. The van der Waals surface area contributed by atoms with Crippen LogP contribution in [-0.4, -0.2) is 49.3 Å². The Labute approximate surface area is 99.5 Å². The molecule has 2 heterocycles. The van der Waals surface area contributed by atoms with E-state index in [1.165, 1.54) is 19.4 Å². The Balaban J connectivity index is 1.97. The molecule has 0 aliphatic carbocycles. The van der Waals surface area contributed by atoms with Gasteiger partial charge in [-0.2, -0.15) is 0 Å². The first-order valence-corrected chi connectivity index (χ1v) is 6.79. The Morgan fingerprint density at radius 1 is 1.50 bits per heavy atom. The molecule has 2 rings (SSSR count). The van der Waals surface area contributed by atoms with E-state index in [4.69, 9.17) is 4.74 Å². The lowest BCUT2D eigenvalue weighted by Gasteiger charge is -2.44. The highest BCUT2D eigenvalue weighted by Crippen LogP contribution is 2.24. The van der Waals surface area contributed by atoms with Gasteiger partial charge >= 0.3 is 0 Å². The molecule has 0 aromatic rings. The number of hydrogen-bond donors (Lipinski definition) is 1. The summed E-state index contributed by atoms with van der Waals surface area (Å²) >= 11 is 0. The van der Waals surface area contributed by atoms with Gasteiger partial charge in [0.25, 0.3) is 0 Å². The molecule has 1 N–H and O–H groups in total. The van der Waals surface area contributed by atoms with Gasteiger partial charge in [-0.05, 0) is 32.6 Å². The molecule has 16 heavy (non-hydrogen) atoms. The second kappa shape index (κ2) is 5.48. The summed E-state index contributed by atoms with van der Waals surface area (Å²) < 4.78 is 5.52. The normalized spacial score (nSPS) is 38.8. The summed E-state index contributed by atoms with van der Waals surface area (Å²) in [5.41, 5.74) is 0. The molecule has 94 valence electrons. The molecule has 0 aromatic carbocycles. The number of hydrogen-bond acceptors (Lipinski definition) is 3. The van der Waals surface area contributed by atoms with Crippen LogP contribution in [0.5, 0.6) is 0 Å². The van der Waals surface area contributed by atoms with Gasteiger partial charge in [0, 0.05) is 37.8 Å². The van der Waals surface area contributed by atoms with Crippen molar-refractivity contribution in [3.05, 3.63) is 0 Å². The van der Waals surface area contributed by atoms with Crippen molar-refractivity contribution in [1.82, 2.24) is 10.2 Å². The molecule has 0 saturated carbocycles. The monoisotopic (exact) mass is 226 g/mol. The van der Waals surface area contributed by atoms with Gasteiger partial charge < -0.3 is 10.1 Å². The van der Waals surface area contributed by atoms with Crippen LogP contribution in [0.15, 0.2) is 0 Å². The SMILES string of the molecule is CCC1CNC(C)CN1C(C)C1CCOC1. The summed E-state index contributed by atoms with van der Waals surface area (Å²) in [7, 11) is 0. The third-order valence-electron chi connectivity index (χ3n) is 4.30. The zero-order valence-corrected chi connectivity index (χ0v) is 10.9. The van der Waals surface area contributed by atoms with E-state index in [1.807, 2.05) is 0 Å². The molecule has 0 radical (unpaired) electrons. The molecule has 2 saturated heterocycles. The fraction of sp³-hybridized carbons (Fsp3) is 1.00. The predicted octanol–water partition coefficient (Wildman–Crippen LogP) is 1.48. The van der Waals surface area contributed by atoms with E-state index in [1.54, 1.807) is 0 Å². The molecule has 0 amide bonds. The Kier molecular flexibility index (Phi) is 4.22. The maximum Gasteiger partial charge on any atom is 0.0509 e. The topological polar surface area (TPSA) is 24.5 Å². The second-order valence-electron chi connectivity index (χ2n) is 5.43. The van der Waals surface area contributed by atoms with E-state index in [2.05, 4.69) is 31.0 Å². The van der Waals surface area contributed by atoms with Crippen molar-refractivity contribution in [2.45, 2.75) is 51.7 Å². The van der Waals surface area contributed by atoms with Gasteiger partial charge in [0.15, 0.2) is 0 Å². The summed E-state index contributed by atoms with van der Waals surface area (Å²) in [5.74, 6) is 0.749. The average Bonchev–Trinajstić information content (AvgIpc) is 2.81. The lowest BCUT2D eigenvalue weighted by atomic mass is 9.95. The Bertz CT molecular complexity index is 216. The molecule has 2 aliphatic rings. The predicted molar refractivity (Wildman–Crippen MR) is 66.6 cm³/mol. The summed E-state index contributed by atoms with van der Waals surface area (Å²) in [4.78, 5) is 2.71. The summed E-state index contributed by atoms with van der Waals surface area (Å²) in [6.45, 7) is 11.2. The van der Waals surface area contributed by atoms with Crippen LogP contribution in [0.1, 0.15) is 33.6 Å². The molecular weight excluding hydrogens is 200 g/mol. The smallest absolute Gasteiger partial charge is 0.0509 e. The third-order valence-corrected chi connectivity index (χ3v) is 4.30. The molecule has 3 nitrogen and oxygen atoms in total. The fourth-order valence-corrected chi connectivity index (χ4v) is 3.07. The maximum atomic E-state index is 5.52. The number of rotatable bonds is 3. The van der Waals surface area contributed by atoms with Gasteiger partial charge in [-0.15, -0.1) is 0 Å². The van der Waals surface area contributed by atoms with Gasteiger partial charge in [-0.3, -0.25) is 4.90 Å². The minimum atomic E-state index is 0.632. The maximum absolute atomic E-state index is 5.52. The second-order valence-corrected chi connectivity index (χ2v) is 5.43. The summed E-state index contributed by atoms with van der Waals surface area (Å²) in [6.07, 6.45) is 2.49. The van der Waals surface area contributed by atoms with Gasteiger partial charge in [0.05, 0.1) is 6.61 Å². The molecule has 0 spiro atoms. The molecule has 0 aromatic heterocycles. The van der Waals surface area contributed by atoms with E-state index in [9.17, 15) is 0 Å².